The molecule has 0 aliphatic heterocycles. The lowest BCUT2D eigenvalue weighted by molar-refractivity contribution is -0.137. The molecule has 0 aliphatic rings. The molecule has 14 heavy (non-hydrogen) atoms. The van der Waals surface area contributed by atoms with Crippen LogP contribution in [-0.4, -0.2) is 19.1 Å². The Bertz CT molecular complexity index is 204. The van der Waals surface area contributed by atoms with Gasteiger partial charge in [0.1, 0.15) is 0 Å². The van der Waals surface area contributed by atoms with Crippen molar-refractivity contribution < 1.29 is 9.90 Å². The molecule has 1 atom stereocenters. The molecule has 1 N–H and O–H groups in total. The van der Waals surface area contributed by atoms with Crippen LogP contribution in [0, 0.1) is 0 Å². The molecule has 0 aromatic rings. The zero-order valence-electron chi connectivity index (χ0n) is 10.3. The van der Waals surface area contributed by atoms with Crippen molar-refractivity contribution in [1.82, 2.24) is 0 Å². The number of carbonyl (C=O) groups is 1. The Hall–Kier alpha value is -0.313. The third-order valence-electron chi connectivity index (χ3n) is 3.68. The first kappa shape index (κ1) is 13.7. The first-order valence-corrected chi connectivity index (χ1v) is 8.45. The molecule has 2 nitrogen and oxygen atoms in total. The molecular formula is C11H24O2Si. The lowest BCUT2D eigenvalue weighted by Gasteiger charge is -2.41. The summed E-state index contributed by atoms with van der Waals surface area (Å²) in [7, 11) is -1.72. The highest BCUT2D eigenvalue weighted by atomic mass is 28.3. The van der Waals surface area contributed by atoms with Gasteiger partial charge in [-0.05, 0) is 11.5 Å². The molecule has 0 amide bonds. The summed E-state index contributed by atoms with van der Waals surface area (Å²) in [5.74, 6) is -0.599. The van der Waals surface area contributed by atoms with Gasteiger partial charge in [0.2, 0.25) is 0 Å². The smallest absolute Gasteiger partial charge is 0.303 e. The quantitative estimate of drug-likeness (QED) is 0.727. The fourth-order valence-corrected chi connectivity index (χ4v) is 4.28. The van der Waals surface area contributed by atoms with E-state index in [1.807, 2.05) is 0 Å². The molecule has 0 saturated heterocycles. The molecule has 0 heterocycles. The van der Waals surface area contributed by atoms with Gasteiger partial charge in [0, 0.05) is 0 Å². The highest BCUT2D eigenvalue weighted by molar-refractivity contribution is 6.84. The molecule has 0 aromatic heterocycles. The summed E-state index contributed by atoms with van der Waals surface area (Å²) < 4.78 is 0. The molecule has 0 aliphatic carbocycles. The van der Waals surface area contributed by atoms with Crippen molar-refractivity contribution in [3.63, 3.8) is 0 Å². The second-order valence-corrected chi connectivity index (χ2v) is 11.3. The minimum atomic E-state index is -1.72. The van der Waals surface area contributed by atoms with Crippen LogP contribution < -0.4 is 0 Å². The van der Waals surface area contributed by atoms with Crippen LogP contribution in [0.1, 0.15) is 40.5 Å². The molecule has 0 saturated carbocycles. The van der Waals surface area contributed by atoms with Crippen molar-refractivity contribution in [2.75, 3.05) is 0 Å². The topological polar surface area (TPSA) is 37.3 Å². The summed E-state index contributed by atoms with van der Waals surface area (Å²) in [6.45, 7) is 13.0. The van der Waals surface area contributed by atoms with Crippen LogP contribution in [-0.2, 0) is 4.79 Å². The Morgan fingerprint density at radius 3 is 2.00 bits per heavy atom. The molecule has 0 fully saturated rings. The van der Waals surface area contributed by atoms with Crippen molar-refractivity contribution >= 4 is 14.0 Å². The molecule has 0 spiro atoms. The Morgan fingerprint density at radius 1 is 1.36 bits per heavy atom. The molecule has 84 valence electrons. The lowest BCUT2D eigenvalue weighted by Crippen LogP contribution is -2.45. The minimum absolute atomic E-state index is 0.104. The van der Waals surface area contributed by atoms with E-state index in [1.54, 1.807) is 0 Å². The second-order valence-electron chi connectivity index (χ2n) is 5.65. The van der Waals surface area contributed by atoms with Gasteiger partial charge in [0.15, 0.2) is 0 Å². The molecule has 0 radical (unpaired) electrons. The summed E-state index contributed by atoms with van der Waals surface area (Å²) in [4.78, 5) is 11.2. The van der Waals surface area contributed by atoms with Crippen molar-refractivity contribution in [2.45, 2.75) is 64.2 Å². The maximum absolute atomic E-state index is 11.2. The van der Waals surface area contributed by atoms with Gasteiger partial charge in [-0.15, -0.1) is 0 Å². The SMILES string of the molecule is CCCC(C(=O)O)[Si](C)(C)C(C)(C)C. The van der Waals surface area contributed by atoms with E-state index in [1.165, 1.54) is 0 Å². The summed E-state index contributed by atoms with van der Waals surface area (Å²) in [5.41, 5.74) is -0.104. The number of carboxylic acids is 1. The maximum Gasteiger partial charge on any atom is 0.303 e. The van der Waals surface area contributed by atoms with Crippen molar-refractivity contribution in [3.8, 4) is 0 Å². The zero-order valence-corrected chi connectivity index (χ0v) is 11.3. The number of carboxylic acid groups (broad SMARTS) is 1. The van der Waals surface area contributed by atoms with Crippen LogP contribution in [0.15, 0.2) is 0 Å². The van der Waals surface area contributed by atoms with E-state index < -0.39 is 14.0 Å². The largest absolute Gasteiger partial charge is 0.481 e. The first-order valence-electron chi connectivity index (χ1n) is 5.37. The molecule has 0 aromatic carbocycles. The summed E-state index contributed by atoms with van der Waals surface area (Å²) in [6, 6.07) is 0. The van der Waals surface area contributed by atoms with E-state index in [0.717, 1.165) is 12.8 Å². The van der Waals surface area contributed by atoms with E-state index in [2.05, 4.69) is 40.8 Å². The number of aliphatic carboxylic acids is 1. The Kier molecular flexibility index (Phi) is 4.37. The molecule has 0 bridgehead atoms. The van der Waals surface area contributed by atoms with Gasteiger partial charge in [-0.25, -0.2) is 0 Å². The van der Waals surface area contributed by atoms with Crippen LogP contribution in [0.2, 0.25) is 23.7 Å². The maximum atomic E-state index is 11.2. The van der Waals surface area contributed by atoms with Crippen LogP contribution in [0.5, 0.6) is 0 Å². The highest BCUT2D eigenvalue weighted by Gasteiger charge is 2.44. The van der Waals surface area contributed by atoms with E-state index in [0.29, 0.717) is 0 Å². The average molecular weight is 216 g/mol. The number of rotatable bonds is 4. The monoisotopic (exact) mass is 216 g/mol. The van der Waals surface area contributed by atoms with Gasteiger partial charge >= 0.3 is 5.97 Å². The van der Waals surface area contributed by atoms with E-state index in [9.17, 15) is 9.90 Å². The third kappa shape index (κ3) is 2.84. The Balaban J connectivity index is 4.90. The van der Waals surface area contributed by atoms with Crippen molar-refractivity contribution in [1.29, 1.82) is 0 Å². The van der Waals surface area contributed by atoms with Crippen molar-refractivity contribution in [3.05, 3.63) is 0 Å². The summed E-state index contributed by atoms with van der Waals surface area (Å²) in [5, 5.41) is 9.40. The van der Waals surface area contributed by atoms with Gasteiger partial charge in [-0.1, -0.05) is 47.2 Å². The Labute approximate surface area is 88.7 Å². The lowest BCUT2D eigenvalue weighted by atomic mass is 10.2. The average Bonchev–Trinajstić information content (AvgIpc) is 1.96. The number of hydrogen-bond acceptors (Lipinski definition) is 1. The zero-order chi connectivity index (χ0) is 11.6. The minimum Gasteiger partial charge on any atom is -0.481 e. The molecule has 0 rings (SSSR count). The van der Waals surface area contributed by atoms with Gasteiger partial charge in [-0.2, -0.15) is 0 Å². The first-order chi connectivity index (χ1) is 6.14. The molecular weight excluding hydrogens is 192 g/mol. The van der Waals surface area contributed by atoms with Crippen molar-refractivity contribution in [2.24, 2.45) is 0 Å². The highest BCUT2D eigenvalue weighted by Crippen LogP contribution is 2.45. The van der Waals surface area contributed by atoms with Crippen LogP contribution >= 0.6 is 0 Å². The van der Waals surface area contributed by atoms with Gasteiger partial charge in [0.25, 0.3) is 0 Å². The van der Waals surface area contributed by atoms with Gasteiger partial charge in [-0.3, -0.25) is 4.79 Å². The fraction of sp³-hybridized carbons (Fsp3) is 0.909. The predicted molar refractivity (Wildman–Crippen MR) is 63.5 cm³/mol. The van der Waals surface area contributed by atoms with E-state index >= 15 is 0 Å². The molecule has 3 heteroatoms. The van der Waals surface area contributed by atoms with Gasteiger partial charge < -0.3 is 5.11 Å². The normalized spacial score (nSPS) is 15.3. The van der Waals surface area contributed by atoms with Crippen LogP contribution in [0.4, 0.5) is 0 Å². The fourth-order valence-electron chi connectivity index (χ4n) is 1.60. The van der Waals surface area contributed by atoms with E-state index in [-0.39, 0.29) is 10.6 Å². The van der Waals surface area contributed by atoms with Crippen LogP contribution in [0.3, 0.4) is 0 Å². The predicted octanol–water partition coefficient (Wildman–Crippen LogP) is 3.75. The van der Waals surface area contributed by atoms with E-state index in [4.69, 9.17) is 0 Å². The third-order valence-corrected chi connectivity index (χ3v) is 9.82. The summed E-state index contributed by atoms with van der Waals surface area (Å²) >= 11 is 0. The molecule has 1 unspecified atom stereocenters. The van der Waals surface area contributed by atoms with Gasteiger partial charge in [0.05, 0.1) is 13.6 Å². The Morgan fingerprint density at radius 2 is 1.79 bits per heavy atom. The summed E-state index contributed by atoms with van der Waals surface area (Å²) in [6.07, 6.45) is 1.79. The number of hydrogen-bond donors (Lipinski definition) is 1. The van der Waals surface area contributed by atoms with Crippen LogP contribution in [0.25, 0.3) is 0 Å². The second kappa shape index (κ2) is 4.47. The standard InChI is InChI=1S/C11H24O2Si/c1-7-8-9(10(12)13)14(5,6)11(2,3)4/h9H,7-8H2,1-6H3,(H,12,13).